The van der Waals surface area contributed by atoms with Gasteiger partial charge in [0.25, 0.3) is 0 Å². The predicted octanol–water partition coefficient (Wildman–Crippen LogP) is 2.51. The van der Waals surface area contributed by atoms with Crippen LogP contribution in [0.1, 0.15) is 18.1 Å². The molecule has 0 N–H and O–H groups in total. The number of esters is 1. The van der Waals surface area contributed by atoms with Crippen molar-refractivity contribution < 1.29 is 18.3 Å². The number of carbonyl (C=O) groups is 1. The summed E-state index contributed by atoms with van der Waals surface area (Å²) in [5.41, 5.74) is 0.435. The molecule has 0 fully saturated rings. The van der Waals surface area contributed by atoms with E-state index in [0.717, 1.165) is 12.7 Å². The van der Waals surface area contributed by atoms with Gasteiger partial charge in [-0.15, -0.1) is 0 Å². The maximum atomic E-state index is 13.4. The zero-order valence-electron chi connectivity index (χ0n) is 8.59. The lowest BCUT2D eigenvalue weighted by molar-refractivity contribution is -0.170. The molecular weight excluding hydrogens is 202 g/mol. The van der Waals surface area contributed by atoms with E-state index in [1.807, 2.05) is 6.92 Å². The Morgan fingerprint density at radius 1 is 1.47 bits per heavy atom. The van der Waals surface area contributed by atoms with Crippen LogP contribution in [0.3, 0.4) is 0 Å². The van der Waals surface area contributed by atoms with E-state index in [0.29, 0.717) is 6.42 Å². The van der Waals surface area contributed by atoms with Crippen LogP contribution < -0.4 is 0 Å². The van der Waals surface area contributed by atoms with E-state index in [-0.39, 0.29) is 5.56 Å². The summed E-state index contributed by atoms with van der Waals surface area (Å²) in [7, 11) is 0.944. The Morgan fingerprint density at radius 2 is 2.13 bits per heavy atom. The highest BCUT2D eigenvalue weighted by molar-refractivity contribution is 5.79. The summed E-state index contributed by atoms with van der Waals surface area (Å²) in [5, 5.41) is 0. The number of benzene rings is 1. The van der Waals surface area contributed by atoms with Gasteiger partial charge in [0, 0.05) is 5.56 Å². The first-order valence-corrected chi connectivity index (χ1v) is 4.58. The van der Waals surface area contributed by atoms with Crippen molar-refractivity contribution in [2.45, 2.75) is 19.3 Å². The normalized spacial score (nSPS) is 11.2. The number of carbonyl (C=O) groups excluding carboxylic acids is 1. The number of hydrogen-bond acceptors (Lipinski definition) is 2. The van der Waals surface area contributed by atoms with Gasteiger partial charge in [0.05, 0.1) is 7.11 Å². The Hall–Kier alpha value is -1.45. The van der Waals surface area contributed by atoms with Crippen molar-refractivity contribution in [2.24, 2.45) is 0 Å². The van der Waals surface area contributed by atoms with E-state index < -0.39 is 11.9 Å². The molecule has 0 aliphatic heterocycles. The molecule has 1 rings (SSSR count). The quantitative estimate of drug-likeness (QED) is 0.722. The van der Waals surface area contributed by atoms with Crippen LogP contribution in [0.5, 0.6) is 0 Å². The Balaban J connectivity index is 3.09. The third-order valence-electron chi connectivity index (χ3n) is 2.14. The van der Waals surface area contributed by atoms with Crippen LogP contribution in [0.2, 0.25) is 0 Å². The second-order valence-corrected chi connectivity index (χ2v) is 3.12. The van der Waals surface area contributed by atoms with Gasteiger partial charge in [0.1, 0.15) is 0 Å². The number of methoxy groups -OCH3 is 1. The highest BCUT2D eigenvalue weighted by atomic mass is 19.3. The lowest BCUT2D eigenvalue weighted by Crippen LogP contribution is -2.27. The molecule has 15 heavy (non-hydrogen) atoms. The molecule has 1 aromatic carbocycles. The molecule has 0 bridgehead atoms. The smallest absolute Gasteiger partial charge is 0.381 e. The molecule has 0 aromatic heterocycles. The minimum Gasteiger partial charge on any atom is -0.464 e. The van der Waals surface area contributed by atoms with Gasteiger partial charge in [-0.3, -0.25) is 0 Å². The van der Waals surface area contributed by atoms with E-state index >= 15 is 0 Å². The topological polar surface area (TPSA) is 26.3 Å². The predicted molar refractivity (Wildman–Crippen MR) is 51.7 cm³/mol. The highest BCUT2D eigenvalue weighted by Crippen LogP contribution is 2.29. The van der Waals surface area contributed by atoms with Gasteiger partial charge in [0.15, 0.2) is 0 Å². The van der Waals surface area contributed by atoms with Crippen LogP contribution in [-0.2, 0) is 21.9 Å². The fourth-order valence-corrected chi connectivity index (χ4v) is 1.23. The lowest BCUT2D eigenvalue weighted by Gasteiger charge is -2.14. The van der Waals surface area contributed by atoms with Crippen LogP contribution in [0.15, 0.2) is 24.3 Å². The molecule has 0 saturated carbocycles. The van der Waals surface area contributed by atoms with Crippen molar-refractivity contribution in [3.05, 3.63) is 35.4 Å². The van der Waals surface area contributed by atoms with Gasteiger partial charge >= 0.3 is 11.9 Å². The van der Waals surface area contributed by atoms with Gasteiger partial charge in [-0.1, -0.05) is 25.1 Å². The summed E-state index contributed by atoms with van der Waals surface area (Å²) >= 11 is 0. The summed E-state index contributed by atoms with van der Waals surface area (Å²) in [5.74, 6) is -5.10. The number of ether oxygens (including phenoxy) is 1. The zero-order chi connectivity index (χ0) is 11.5. The Bertz CT molecular complexity index is 361. The number of aryl methyl sites for hydroxylation is 1. The first-order valence-electron chi connectivity index (χ1n) is 4.58. The second kappa shape index (κ2) is 4.38. The summed E-state index contributed by atoms with van der Waals surface area (Å²) in [6.45, 7) is 1.86. The van der Waals surface area contributed by atoms with Gasteiger partial charge in [-0.25, -0.2) is 4.79 Å². The van der Waals surface area contributed by atoms with Gasteiger partial charge in [-0.2, -0.15) is 8.78 Å². The average molecular weight is 214 g/mol. The van der Waals surface area contributed by atoms with E-state index in [2.05, 4.69) is 4.74 Å². The highest BCUT2D eigenvalue weighted by Gasteiger charge is 2.42. The molecule has 82 valence electrons. The van der Waals surface area contributed by atoms with Crippen molar-refractivity contribution in [1.82, 2.24) is 0 Å². The molecule has 0 amide bonds. The Morgan fingerprint density at radius 3 is 2.67 bits per heavy atom. The van der Waals surface area contributed by atoms with Crippen molar-refractivity contribution in [1.29, 1.82) is 0 Å². The van der Waals surface area contributed by atoms with Crippen LogP contribution in [0.25, 0.3) is 0 Å². The summed E-state index contributed by atoms with van der Waals surface area (Å²) < 4.78 is 30.8. The Kier molecular flexibility index (Phi) is 3.39. The van der Waals surface area contributed by atoms with Crippen molar-refractivity contribution in [3.63, 3.8) is 0 Å². The second-order valence-electron chi connectivity index (χ2n) is 3.12. The van der Waals surface area contributed by atoms with E-state index in [1.54, 1.807) is 6.07 Å². The number of alkyl halides is 2. The summed E-state index contributed by atoms with van der Waals surface area (Å²) in [6.07, 6.45) is 0.644. The first kappa shape index (κ1) is 11.6. The molecule has 0 spiro atoms. The molecule has 0 aliphatic carbocycles. The molecule has 0 unspecified atom stereocenters. The molecule has 4 heteroatoms. The lowest BCUT2D eigenvalue weighted by atomic mass is 10.0. The maximum Gasteiger partial charge on any atom is 0.381 e. The fraction of sp³-hybridized carbons (Fsp3) is 0.364. The van der Waals surface area contributed by atoms with Gasteiger partial charge < -0.3 is 4.74 Å². The maximum absolute atomic E-state index is 13.4. The van der Waals surface area contributed by atoms with Crippen LogP contribution in [0, 0.1) is 0 Å². The van der Waals surface area contributed by atoms with E-state index in [9.17, 15) is 13.6 Å². The van der Waals surface area contributed by atoms with Gasteiger partial charge in [0.2, 0.25) is 0 Å². The molecule has 2 nitrogen and oxygen atoms in total. The molecule has 0 heterocycles. The molecule has 0 aliphatic rings. The zero-order valence-corrected chi connectivity index (χ0v) is 8.59. The number of rotatable bonds is 3. The third-order valence-corrected chi connectivity index (χ3v) is 2.14. The molecule has 0 atom stereocenters. The summed E-state index contributed by atoms with van der Waals surface area (Å²) in [6, 6.07) is 5.77. The third kappa shape index (κ3) is 2.32. The minimum absolute atomic E-state index is 0.325. The fourth-order valence-electron chi connectivity index (χ4n) is 1.23. The first-order chi connectivity index (χ1) is 7.02. The molecule has 0 saturated heterocycles. The van der Waals surface area contributed by atoms with Crippen molar-refractivity contribution >= 4 is 5.97 Å². The monoisotopic (exact) mass is 214 g/mol. The largest absolute Gasteiger partial charge is 0.464 e. The van der Waals surface area contributed by atoms with E-state index in [1.165, 1.54) is 18.2 Å². The van der Waals surface area contributed by atoms with E-state index in [4.69, 9.17) is 0 Å². The number of hydrogen-bond donors (Lipinski definition) is 0. The molecule has 1 aromatic rings. The SMILES string of the molecule is CCc1cccc(C(F)(F)C(=O)OC)c1. The molecule has 0 radical (unpaired) electrons. The van der Waals surface area contributed by atoms with Crippen molar-refractivity contribution in [3.8, 4) is 0 Å². The van der Waals surface area contributed by atoms with Crippen LogP contribution in [-0.4, -0.2) is 13.1 Å². The van der Waals surface area contributed by atoms with Crippen LogP contribution in [0.4, 0.5) is 8.78 Å². The number of halogens is 2. The molecular formula is C11H12F2O2. The average Bonchev–Trinajstić information content (AvgIpc) is 2.27. The standard InChI is InChI=1S/C11H12F2O2/c1-3-8-5-4-6-9(7-8)11(12,13)10(14)15-2/h4-7H,3H2,1-2H3. The minimum atomic E-state index is -3.57. The van der Waals surface area contributed by atoms with Gasteiger partial charge in [-0.05, 0) is 18.1 Å². The van der Waals surface area contributed by atoms with Crippen LogP contribution >= 0.6 is 0 Å². The summed E-state index contributed by atoms with van der Waals surface area (Å²) in [4.78, 5) is 10.9. The van der Waals surface area contributed by atoms with Crippen molar-refractivity contribution in [2.75, 3.05) is 7.11 Å². The Labute approximate surface area is 86.9 Å².